The number of aryl methyl sites for hydroxylation is 1. The van der Waals surface area contributed by atoms with Gasteiger partial charge in [-0.3, -0.25) is 14.8 Å². The first-order valence-corrected chi connectivity index (χ1v) is 4.21. The van der Waals surface area contributed by atoms with E-state index in [1.807, 2.05) is 24.3 Å². The molecule has 0 aliphatic rings. The smallest absolute Gasteiger partial charge is 0.245 e. The summed E-state index contributed by atoms with van der Waals surface area (Å²) in [6, 6.07) is 7.42. The van der Waals surface area contributed by atoms with E-state index < -0.39 is 0 Å². The van der Waals surface area contributed by atoms with E-state index in [-0.39, 0.29) is 11.5 Å². The van der Waals surface area contributed by atoms with Gasteiger partial charge in [0, 0.05) is 17.4 Å². The lowest BCUT2D eigenvalue weighted by Crippen LogP contribution is -2.05. The minimum absolute atomic E-state index is 0.184. The van der Waals surface area contributed by atoms with Crippen molar-refractivity contribution in [3.05, 3.63) is 40.1 Å². The van der Waals surface area contributed by atoms with E-state index in [0.717, 1.165) is 10.9 Å². The predicted molar refractivity (Wildman–Crippen MR) is 51.4 cm³/mol. The van der Waals surface area contributed by atoms with Crippen molar-refractivity contribution < 1.29 is 4.92 Å². The molecule has 1 aromatic carbocycles. The van der Waals surface area contributed by atoms with E-state index in [1.54, 1.807) is 11.7 Å². The van der Waals surface area contributed by atoms with Gasteiger partial charge in [0.1, 0.15) is 5.69 Å². The van der Waals surface area contributed by atoms with Crippen LogP contribution in [0.25, 0.3) is 10.9 Å². The Bertz CT molecular complexity index is 490. The van der Waals surface area contributed by atoms with E-state index in [4.69, 9.17) is 0 Å². The monoisotopic (exact) mass is 191 g/mol. The van der Waals surface area contributed by atoms with Crippen LogP contribution in [0.4, 0.5) is 0 Å². The third-order valence-electron chi connectivity index (χ3n) is 2.14. The molecule has 0 unspecified atom stereocenters. The fraction of sp³-hybridized carbons (Fsp3) is 0.222. The number of hydrogen-bond acceptors (Lipinski definition) is 3. The van der Waals surface area contributed by atoms with Crippen LogP contribution in [0.1, 0.15) is 5.69 Å². The Morgan fingerprint density at radius 2 is 2.21 bits per heavy atom. The maximum atomic E-state index is 10.4. The van der Waals surface area contributed by atoms with Crippen molar-refractivity contribution in [1.29, 1.82) is 0 Å². The molecular formula is C9H9N3O2. The van der Waals surface area contributed by atoms with Crippen LogP contribution in [-0.4, -0.2) is 14.7 Å². The molecule has 0 bridgehead atoms. The largest absolute Gasteiger partial charge is 0.265 e. The molecule has 5 nitrogen and oxygen atoms in total. The molecule has 0 aliphatic carbocycles. The summed E-state index contributed by atoms with van der Waals surface area (Å²) in [4.78, 5) is 10.1. The van der Waals surface area contributed by atoms with Crippen molar-refractivity contribution in [3.63, 3.8) is 0 Å². The third-order valence-corrected chi connectivity index (χ3v) is 2.14. The molecule has 0 fully saturated rings. The molecule has 0 saturated carbocycles. The van der Waals surface area contributed by atoms with Gasteiger partial charge in [0.25, 0.3) is 0 Å². The van der Waals surface area contributed by atoms with Gasteiger partial charge in [0.15, 0.2) is 0 Å². The summed E-state index contributed by atoms with van der Waals surface area (Å²) in [5, 5.41) is 15.5. The lowest BCUT2D eigenvalue weighted by molar-refractivity contribution is -0.497. The number of nitrogens with zero attached hydrogens (tertiary/aromatic N) is 3. The SMILES string of the molecule is Cn1nc2ccccc2c1C[N+](=O)[O-]. The minimum atomic E-state index is -0.344. The van der Waals surface area contributed by atoms with Crippen LogP contribution in [0, 0.1) is 10.1 Å². The first-order valence-electron chi connectivity index (χ1n) is 4.21. The van der Waals surface area contributed by atoms with Crippen LogP contribution in [0.2, 0.25) is 0 Å². The van der Waals surface area contributed by atoms with Crippen LogP contribution in [0.3, 0.4) is 0 Å². The third kappa shape index (κ3) is 1.32. The highest BCUT2D eigenvalue weighted by Crippen LogP contribution is 2.17. The zero-order valence-corrected chi connectivity index (χ0v) is 7.67. The number of nitro groups is 1. The molecule has 0 aliphatic heterocycles. The van der Waals surface area contributed by atoms with Gasteiger partial charge in [0.05, 0.1) is 5.52 Å². The molecule has 0 spiro atoms. The summed E-state index contributed by atoms with van der Waals surface area (Å²) in [7, 11) is 1.72. The van der Waals surface area contributed by atoms with E-state index >= 15 is 0 Å². The van der Waals surface area contributed by atoms with Gasteiger partial charge in [-0.2, -0.15) is 5.10 Å². The summed E-state index contributed by atoms with van der Waals surface area (Å²) in [5.41, 5.74) is 1.44. The Morgan fingerprint density at radius 3 is 2.93 bits per heavy atom. The van der Waals surface area contributed by atoms with Gasteiger partial charge in [-0.1, -0.05) is 18.2 Å². The average molecular weight is 191 g/mol. The molecule has 0 radical (unpaired) electrons. The molecule has 2 rings (SSSR count). The Hall–Kier alpha value is -1.91. The fourth-order valence-corrected chi connectivity index (χ4v) is 1.51. The predicted octanol–water partition coefficient (Wildman–Crippen LogP) is 1.35. The zero-order chi connectivity index (χ0) is 10.1. The molecule has 5 heteroatoms. The summed E-state index contributed by atoms with van der Waals surface area (Å²) >= 11 is 0. The second kappa shape index (κ2) is 3.10. The van der Waals surface area contributed by atoms with Crippen LogP contribution in [0.5, 0.6) is 0 Å². The van der Waals surface area contributed by atoms with Gasteiger partial charge in [-0.25, -0.2) is 0 Å². The van der Waals surface area contributed by atoms with Crippen molar-refractivity contribution in [2.45, 2.75) is 6.54 Å². The quantitative estimate of drug-likeness (QED) is 0.531. The molecule has 0 saturated heterocycles. The standard InChI is InChI=1S/C9H9N3O2/c1-11-9(6-12(13)14)7-4-2-3-5-8(7)10-11/h2-5H,6H2,1H3. The van der Waals surface area contributed by atoms with Gasteiger partial charge in [-0.15, -0.1) is 0 Å². The maximum absolute atomic E-state index is 10.4. The Morgan fingerprint density at radius 1 is 1.50 bits per heavy atom. The number of fused-ring (bicyclic) bond motifs is 1. The normalized spacial score (nSPS) is 10.6. The Kier molecular flexibility index (Phi) is 1.92. The van der Waals surface area contributed by atoms with Crippen LogP contribution in [0.15, 0.2) is 24.3 Å². The number of hydrogen-bond donors (Lipinski definition) is 0. The van der Waals surface area contributed by atoms with Crippen molar-refractivity contribution in [2.75, 3.05) is 0 Å². The van der Waals surface area contributed by atoms with Gasteiger partial charge >= 0.3 is 0 Å². The summed E-state index contributed by atoms with van der Waals surface area (Å²) in [5.74, 6) is 0. The highest BCUT2D eigenvalue weighted by molar-refractivity contribution is 5.81. The van der Waals surface area contributed by atoms with Gasteiger partial charge in [0.2, 0.25) is 6.54 Å². The van der Waals surface area contributed by atoms with E-state index in [9.17, 15) is 10.1 Å². The van der Waals surface area contributed by atoms with E-state index in [2.05, 4.69) is 5.10 Å². The zero-order valence-electron chi connectivity index (χ0n) is 7.67. The lowest BCUT2D eigenvalue weighted by atomic mass is 10.2. The highest BCUT2D eigenvalue weighted by atomic mass is 16.6. The molecule has 0 amide bonds. The summed E-state index contributed by atoms with van der Waals surface area (Å²) < 4.78 is 1.56. The number of benzene rings is 1. The topological polar surface area (TPSA) is 61.0 Å². The molecule has 14 heavy (non-hydrogen) atoms. The van der Waals surface area contributed by atoms with Crippen molar-refractivity contribution in [1.82, 2.24) is 9.78 Å². The van der Waals surface area contributed by atoms with Crippen LogP contribution < -0.4 is 0 Å². The van der Waals surface area contributed by atoms with E-state index in [0.29, 0.717) is 5.69 Å². The Balaban J connectivity index is 2.62. The second-order valence-corrected chi connectivity index (χ2v) is 3.08. The first kappa shape index (κ1) is 8.68. The average Bonchev–Trinajstić information content (AvgIpc) is 2.43. The van der Waals surface area contributed by atoms with Gasteiger partial charge < -0.3 is 0 Å². The van der Waals surface area contributed by atoms with Crippen molar-refractivity contribution >= 4 is 10.9 Å². The summed E-state index contributed by atoms with van der Waals surface area (Å²) in [6.07, 6.45) is 0. The minimum Gasteiger partial charge on any atom is -0.265 e. The van der Waals surface area contributed by atoms with Gasteiger partial charge in [-0.05, 0) is 6.07 Å². The lowest BCUT2D eigenvalue weighted by Gasteiger charge is -1.95. The highest BCUT2D eigenvalue weighted by Gasteiger charge is 2.12. The molecule has 1 aromatic heterocycles. The molecule has 0 atom stereocenters. The van der Waals surface area contributed by atoms with Crippen LogP contribution >= 0.6 is 0 Å². The summed E-state index contributed by atoms with van der Waals surface area (Å²) in [6.45, 7) is -0.184. The molecule has 0 N–H and O–H groups in total. The number of aromatic nitrogens is 2. The van der Waals surface area contributed by atoms with Crippen molar-refractivity contribution in [3.8, 4) is 0 Å². The first-order chi connectivity index (χ1) is 6.68. The van der Waals surface area contributed by atoms with Crippen molar-refractivity contribution in [2.24, 2.45) is 7.05 Å². The van der Waals surface area contributed by atoms with E-state index in [1.165, 1.54) is 0 Å². The second-order valence-electron chi connectivity index (χ2n) is 3.08. The molecular weight excluding hydrogens is 182 g/mol. The fourth-order valence-electron chi connectivity index (χ4n) is 1.51. The molecule has 2 aromatic rings. The maximum Gasteiger partial charge on any atom is 0.245 e. The molecule has 72 valence electrons. The number of rotatable bonds is 2. The Labute approximate surface area is 80.1 Å². The molecule has 1 heterocycles. The van der Waals surface area contributed by atoms with Crippen LogP contribution in [-0.2, 0) is 13.6 Å².